The summed E-state index contributed by atoms with van der Waals surface area (Å²) < 4.78 is 19.3. The van der Waals surface area contributed by atoms with Crippen LogP contribution < -0.4 is 5.32 Å². The van der Waals surface area contributed by atoms with Crippen molar-refractivity contribution >= 4 is 6.03 Å². The van der Waals surface area contributed by atoms with Crippen LogP contribution in [0.15, 0.2) is 24.3 Å². The van der Waals surface area contributed by atoms with Crippen molar-refractivity contribution in [2.24, 2.45) is 5.92 Å². The number of likely N-dealkylation sites (N-methyl/N-ethyl adjacent to an activating group) is 1. The first-order chi connectivity index (χ1) is 17.6. The number of nitrogens with one attached hydrogen (secondary N) is 1. The number of carbonyl (C=O) groups excluding carboxylic acids is 1. The van der Waals surface area contributed by atoms with E-state index in [9.17, 15) is 19.4 Å². The van der Waals surface area contributed by atoms with E-state index < -0.39 is 11.2 Å². The summed E-state index contributed by atoms with van der Waals surface area (Å²) in [5, 5.41) is 26.3. The minimum Gasteiger partial charge on any atom is -0.390 e. The zero-order valence-electron chi connectivity index (χ0n) is 23.1. The first kappa shape index (κ1) is 29.8. The average molecular weight is 522 g/mol. The van der Waals surface area contributed by atoms with Gasteiger partial charge >= 0.3 is 6.03 Å². The van der Waals surface area contributed by atoms with Crippen LogP contribution in [0.3, 0.4) is 0 Å². The molecule has 2 aliphatic rings. The Morgan fingerprint density at radius 3 is 2.70 bits per heavy atom. The van der Waals surface area contributed by atoms with Crippen LogP contribution in [0.25, 0.3) is 0 Å². The van der Waals surface area contributed by atoms with Crippen LogP contribution in [-0.2, 0) is 10.3 Å². The van der Waals surface area contributed by atoms with Crippen molar-refractivity contribution in [3.05, 3.63) is 35.6 Å². The minimum absolute atomic E-state index is 0.156. The molecule has 1 heterocycles. The van der Waals surface area contributed by atoms with Gasteiger partial charge in [-0.2, -0.15) is 0 Å². The van der Waals surface area contributed by atoms with Gasteiger partial charge < -0.3 is 30.1 Å². The fourth-order valence-corrected chi connectivity index (χ4v) is 6.27. The van der Waals surface area contributed by atoms with Gasteiger partial charge in [-0.05, 0) is 83.2 Å². The van der Waals surface area contributed by atoms with Gasteiger partial charge in [-0.3, -0.25) is 0 Å². The van der Waals surface area contributed by atoms with Crippen molar-refractivity contribution in [1.29, 1.82) is 0 Å². The zero-order chi connectivity index (χ0) is 26.9. The highest BCUT2D eigenvalue weighted by molar-refractivity contribution is 5.74. The summed E-state index contributed by atoms with van der Waals surface area (Å²) in [6.07, 6.45) is 8.88. The highest BCUT2D eigenvalue weighted by Crippen LogP contribution is 2.40. The molecule has 1 aliphatic carbocycles. The predicted octanol–water partition coefficient (Wildman–Crippen LogP) is 4.27. The summed E-state index contributed by atoms with van der Waals surface area (Å²) in [6.45, 7) is 2.28. The van der Waals surface area contributed by atoms with E-state index in [0.717, 1.165) is 57.8 Å². The van der Waals surface area contributed by atoms with Crippen molar-refractivity contribution in [2.45, 2.75) is 87.9 Å². The fraction of sp³-hybridized carbons (Fsp3) is 0.759. The second-order valence-electron chi connectivity index (χ2n) is 11.6. The Balaban J connectivity index is 1.71. The summed E-state index contributed by atoms with van der Waals surface area (Å²) in [5.41, 5.74) is -1.38. The van der Waals surface area contributed by atoms with E-state index in [2.05, 4.69) is 5.32 Å². The normalized spacial score (nSPS) is 22.5. The second-order valence-corrected chi connectivity index (χ2v) is 11.6. The molecule has 0 bridgehead atoms. The van der Waals surface area contributed by atoms with Crippen molar-refractivity contribution < 1.29 is 24.1 Å². The number of likely N-dealkylation sites (tertiary alicyclic amines) is 1. The monoisotopic (exact) mass is 521 g/mol. The van der Waals surface area contributed by atoms with Crippen LogP contribution in [0, 0.1) is 11.7 Å². The highest BCUT2D eigenvalue weighted by atomic mass is 19.1. The number of unbranched alkanes of at least 4 members (excludes halogenated alkanes) is 1. The Morgan fingerprint density at radius 1 is 1.27 bits per heavy atom. The molecule has 0 spiro atoms. The SMILES string of the molecule is COCCCC[C@@](O)(c1cccc(F)c1)[C@@H]1CCCN(C(=O)NC(CN(C)C)CC2(O)CCCCC2)C1. The van der Waals surface area contributed by atoms with Gasteiger partial charge in [-0.15, -0.1) is 0 Å². The van der Waals surface area contributed by atoms with Gasteiger partial charge in [0.05, 0.1) is 11.2 Å². The molecular weight excluding hydrogens is 473 g/mol. The molecule has 3 rings (SSSR count). The molecule has 3 atom stereocenters. The van der Waals surface area contributed by atoms with Crippen molar-refractivity contribution in [3.63, 3.8) is 0 Å². The molecule has 37 heavy (non-hydrogen) atoms. The van der Waals surface area contributed by atoms with Gasteiger partial charge in [0.15, 0.2) is 0 Å². The quantitative estimate of drug-likeness (QED) is 0.358. The molecule has 1 unspecified atom stereocenters. The van der Waals surface area contributed by atoms with E-state index in [-0.39, 0.29) is 23.8 Å². The smallest absolute Gasteiger partial charge is 0.317 e. The number of rotatable bonds is 12. The fourth-order valence-electron chi connectivity index (χ4n) is 6.27. The largest absolute Gasteiger partial charge is 0.390 e. The first-order valence-electron chi connectivity index (χ1n) is 14.0. The lowest BCUT2D eigenvalue weighted by atomic mass is 9.74. The van der Waals surface area contributed by atoms with Crippen molar-refractivity contribution in [2.75, 3.05) is 47.4 Å². The Bertz CT molecular complexity index is 848. The molecule has 2 amide bonds. The summed E-state index contributed by atoms with van der Waals surface area (Å²) in [5.74, 6) is -0.573. The van der Waals surface area contributed by atoms with Gasteiger partial charge in [-0.25, -0.2) is 9.18 Å². The van der Waals surface area contributed by atoms with E-state index in [1.807, 2.05) is 19.0 Å². The van der Waals surface area contributed by atoms with Gasteiger partial charge in [0.2, 0.25) is 0 Å². The molecule has 1 aromatic carbocycles. The third-order valence-corrected chi connectivity index (χ3v) is 8.19. The molecule has 210 valence electrons. The number of nitrogens with zero attached hydrogens (tertiary/aromatic N) is 2. The van der Waals surface area contributed by atoms with Crippen molar-refractivity contribution in [1.82, 2.24) is 15.1 Å². The Morgan fingerprint density at radius 2 is 2.03 bits per heavy atom. The number of hydrogen-bond donors (Lipinski definition) is 3. The van der Waals surface area contributed by atoms with E-state index in [0.29, 0.717) is 44.6 Å². The van der Waals surface area contributed by atoms with Crippen LogP contribution in [0.5, 0.6) is 0 Å². The average Bonchev–Trinajstić information content (AvgIpc) is 2.86. The maximum absolute atomic E-state index is 14.2. The molecular formula is C29H48FN3O4. The van der Waals surface area contributed by atoms with Crippen molar-refractivity contribution in [3.8, 4) is 0 Å². The van der Waals surface area contributed by atoms with Crippen LogP contribution in [0.1, 0.15) is 76.2 Å². The Hall–Kier alpha value is -1.74. The van der Waals surface area contributed by atoms with E-state index in [1.54, 1.807) is 24.1 Å². The third kappa shape index (κ3) is 8.63. The zero-order valence-corrected chi connectivity index (χ0v) is 23.1. The summed E-state index contributed by atoms with van der Waals surface area (Å²) >= 11 is 0. The molecule has 1 aromatic rings. The molecule has 7 nitrogen and oxygen atoms in total. The maximum Gasteiger partial charge on any atom is 0.317 e. The Labute approximate surface area is 222 Å². The molecule has 1 aliphatic heterocycles. The molecule has 0 aromatic heterocycles. The van der Waals surface area contributed by atoms with Crippen LogP contribution >= 0.6 is 0 Å². The number of halogens is 1. The molecule has 2 fully saturated rings. The molecule has 0 radical (unpaired) electrons. The van der Waals surface area contributed by atoms with Crippen LogP contribution in [-0.4, -0.2) is 85.1 Å². The van der Waals surface area contributed by atoms with E-state index in [4.69, 9.17) is 4.74 Å². The van der Waals surface area contributed by atoms with E-state index in [1.165, 1.54) is 12.1 Å². The lowest BCUT2D eigenvalue weighted by Gasteiger charge is -2.43. The number of urea groups is 1. The standard InChI is InChI=1S/C29H48FN3O4/c1-32(2)22-26(20-28(35)14-5-4-6-15-28)31-27(34)33-17-10-12-24(21-33)29(36,16-7-8-18-37-3)23-11-9-13-25(30)19-23/h9,11,13,19,24,26,35-36H,4-8,10,12,14-18,20-22H2,1-3H3,(H,31,34)/t24-,26?,29-/m1/s1. The summed E-state index contributed by atoms with van der Waals surface area (Å²) in [4.78, 5) is 17.3. The molecule has 3 N–H and O–H groups in total. The number of benzene rings is 1. The summed E-state index contributed by atoms with van der Waals surface area (Å²) in [7, 11) is 5.61. The number of carbonyl (C=O) groups is 1. The predicted molar refractivity (Wildman–Crippen MR) is 144 cm³/mol. The first-order valence-corrected chi connectivity index (χ1v) is 14.0. The number of ether oxygens (including phenoxy) is 1. The van der Waals surface area contributed by atoms with Crippen LogP contribution in [0.2, 0.25) is 0 Å². The Kier molecular flexibility index (Phi) is 11.2. The summed E-state index contributed by atoms with van der Waals surface area (Å²) in [6, 6.07) is 5.92. The maximum atomic E-state index is 14.2. The minimum atomic E-state index is -1.23. The lowest BCUT2D eigenvalue weighted by molar-refractivity contribution is -0.0568. The topological polar surface area (TPSA) is 85.3 Å². The third-order valence-electron chi connectivity index (χ3n) is 8.19. The van der Waals surface area contributed by atoms with Gasteiger partial charge in [0.1, 0.15) is 5.82 Å². The number of methoxy groups -OCH3 is 1. The lowest BCUT2D eigenvalue weighted by Crippen LogP contribution is -2.55. The number of aliphatic hydroxyl groups is 2. The van der Waals surface area contributed by atoms with Gasteiger partial charge in [-0.1, -0.05) is 31.4 Å². The molecule has 8 heteroatoms. The van der Waals surface area contributed by atoms with Gasteiger partial charge in [0.25, 0.3) is 0 Å². The number of piperidine rings is 1. The number of hydrogen-bond acceptors (Lipinski definition) is 5. The van der Waals surface area contributed by atoms with Crippen LogP contribution in [0.4, 0.5) is 9.18 Å². The number of amides is 2. The second kappa shape index (κ2) is 13.9. The van der Waals surface area contributed by atoms with E-state index >= 15 is 0 Å². The highest BCUT2D eigenvalue weighted by Gasteiger charge is 2.42. The van der Waals surface area contributed by atoms with Gasteiger partial charge in [0, 0.05) is 45.3 Å². The molecule has 1 saturated heterocycles. The molecule has 1 saturated carbocycles.